The molecule has 0 fully saturated rings. The highest BCUT2D eigenvalue weighted by Crippen LogP contribution is 1.92. The molecule has 0 aliphatic carbocycles. The maximum atomic E-state index is 11.0. The van der Waals surface area contributed by atoms with Gasteiger partial charge < -0.3 is 26.6 Å². The Bertz CT molecular complexity index is 366. The van der Waals surface area contributed by atoms with Gasteiger partial charge in [-0.1, -0.05) is 13.2 Å². The lowest BCUT2D eigenvalue weighted by Gasteiger charge is -2.08. The molecular weight excluding hydrogens is 356 g/mol. The molecule has 132 valence electrons. The van der Waals surface area contributed by atoms with Crippen molar-refractivity contribution in [3.8, 4) is 0 Å². The second-order valence-corrected chi connectivity index (χ2v) is 9.20. The average molecular weight is 381 g/mol. The van der Waals surface area contributed by atoms with Gasteiger partial charge in [0, 0.05) is 11.1 Å². The molecule has 0 saturated heterocycles. The van der Waals surface area contributed by atoms with E-state index < -0.39 is 42.0 Å². The van der Waals surface area contributed by atoms with Crippen molar-refractivity contribution in [3.05, 3.63) is 24.3 Å². The molecule has 11 heteroatoms. The van der Waals surface area contributed by atoms with Gasteiger partial charge in [0.2, 0.25) is 0 Å². The average Bonchev–Trinajstić information content (AvgIpc) is 2.50. The zero-order valence-corrected chi connectivity index (χ0v) is 17.9. The second kappa shape index (κ2) is 14.5. The third kappa shape index (κ3) is 14.2. The highest BCUT2D eigenvalue weighted by atomic mass is 28.4. The van der Waals surface area contributed by atoms with E-state index in [1.807, 2.05) is 0 Å². The van der Waals surface area contributed by atoms with Crippen molar-refractivity contribution < 1.29 is 36.1 Å². The van der Waals surface area contributed by atoms with E-state index in [2.05, 4.69) is 13.2 Å². The van der Waals surface area contributed by atoms with Crippen LogP contribution in [0.2, 0.25) is 0 Å². The molecule has 0 aliphatic heterocycles. The van der Waals surface area contributed by atoms with Crippen LogP contribution in [0.5, 0.6) is 0 Å². The Morgan fingerprint density at radius 2 is 1.13 bits per heavy atom. The van der Waals surface area contributed by atoms with E-state index in [9.17, 15) is 9.59 Å². The first kappa shape index (κ1) is 21.9. The molecule has 0 spiro atoms. The van der Waals surface area contributed by atoms with Crippen molar-refractivity contribution in [1.82, 2.24) is 0 Å². The monoisotopic (exact) mass is 380 g/mol. The first-order valence-corrected chi connectivity index (χ1v) is 10.4. The highest BCUT2D eigenvalue weighted by molar-refractivity contribution is 6.41. The molecule has 0 saturated carbocycles. The summed E-state index contributed by atoms with van der Waals surface area (Å²) in [7, 11) is -3.30. The number of carbonyl (C=O) groups is 2. The van der Waals surface area contributed by atoms with Gasteiger partial charge in [0.1, 0.15) is 13.2 Å². The third-order valence-electron chi connectivity index (χ3n) is 2.12. The maximum Gasteiger partial charge on any atom is 0.333 e. The van der Waals surface area contributed by atoms with Gasteiger partial charge in [0.25, 0.3) is 30.0 Å². The van der Waals surface area contributed by atoms with Gasteiger partial charge in [0.05, 0.1) is 13.2 Å². The molecule has 0 aliphatic rings. The summed E-state index contributed by atoms with van der Waals surface area (Å²) in [5.41, 5.74) is 0.720. The molecule has 0 radical (unpaired) electrons. The van der Waals surface area contributed by atoms with Gasteiger partial charge in [-0.05, 0) is 13.8 Å². The fourth-order valence-electron chi connectivity index (χ4n) is 0.996. The summed E-state index contributed by atoms with van der Waals surface area (Å²) in [5, 5.41) is 0. The Morgan fingerprint density at radius 3 is 1.48 bits per heavy atom. The summed E-state index contributed by atoms with van der Waals surface area (Å²) in [6.45, 7) is 11.1. The topological polar surface area (TPSA) is 89.5 Å². The SMILES string of the molecule is C=C(C)C(=O)OCCO[SiH2]O[SiH2]O[SiH2]OCCOC(=O)C(=C)C. The molecule has 0 amide bonds. The first-order valence-electron chi connectivity index (χ1n) is 6.91. The Morgan fingerprint density at radius 1 is 0.739 bits per heavy atom. The summed E-state index contributed by atoms with van der Waals surface area (Å²) in [6, 6.07) is 0. The van der Waals surface area contributed by atoms with E-state index in [0.29, 0.717) is 24.4 Å². The maximum absolute atomic E-state index is 11.0. The molecule has 23 heavy (non-hydrogen) atoms. The van der Waals surface area contributed by atoms with E-state index in [-0.39, 0.29) is 13.2 Å². The molecule has 0 aromatic carbocycles. The Labute approximate surface area is 143 Å². The zero-order valence-electron chi connectivity index (χ0n) is 13.6. The standard InChI is InChI=1S/C12H24O8Si3/c1-9(2)11(13)15-5-7-17-21-19-23-20-22-18-8-6-16-12(14)10(3)4/h1,3,5-8,21-23H2,2,4H3. The molecule has 0 unspecified atom stereocenters. The second-order valence-electron chi connectivity index (χ2n) is 4.41. The van der Waals surface area contributed by atoms with E-state index in [4.69, 9.17) is 26.6 Å². The summed E-state index contributed by atoms with van der Waals surface area (Å²) < 4.78 is 30.7. The van der Waals surface area contributed by atoms with E-state index in [0.717, 1.165) is 0 Å². The van der Waals surface area contributed by atoms with Gasteiger partial charge in [0.15, 0.2) is 0 Å². The smallest absolute Gasteiger partial charge is 0.333 e. The molecular formula is C12H24O8Si3. The zero-order chi connectivity index (χ0) is 17.5. The number of hydrogen-bond donors (Lipinski definition) is 0. The Hall–Kier alpha value is -1.09. The van der Waals surface area contributed by atoms with Crippen molar-refractivity contribution in [1.29, 1.82) is 0 Å². The normalized spacial score (nSPS) is 11.7. The van der Waals surface area contributed by atoms with E-state index >= 15 is 0 Å². The van der Waals surface area contributed by atoms with Gasteiger partial charge in [-0.25, -0.2) is 9.59 Å². The number of hydrogen-bond acceptors (Lipinski definition) is 8. The number of esters is 2. The van der Waals surface area contributed by atoms with Crippen LogP contribution in [-0.4, -0.2) is 68.4 Å². The van der Waals surface area contributed by atoms with Crippen LogP contribution < -0.4 is 0 Å². The van der Waals surface area contributed by atoms with Crippen LogP contribution in [0.25, 0.3) is 0 Å². The van der Waals surface area contributed by atoms with Crippen LogP contribution in [-0.2, 0) is 36.1 Å². The molecule has 0 rings (SSSR count). The van der Waals surface area contributed by atoms with Crippen LogP contribution in [0.1, 0.15) is 13.8 Å². The lowest BCUT2D eigenvalue weighted by atomic mass is 10.4. The largest absolute Gasteiger partial charge is 0.460 e. The number of carbonyl (C=O) groups excluding carboxylic acids is 2. The van der Waals surface area contributed by atoms with E-state index in [1.54, 1.807) is 13.8 Å². The fourth-order valence-corrected chi connectivity index (χ4v) is 4.49. The number of ether oxygens (including phenoxy) is 2. The quantitative estimate of drug-likeness (QED) is 0.152. The van der Waals surface area contributed by atoms with E-state index in [1.165, 1.54) is 0 Å². The Kier molecular flexibility index (Phi) is 13.8. The molecule has 0 heterocycles. The Balaban J connectivity index is 3.19. The molecule has 0 bridgehead atoms. The van der Waals surface area contributed by atoms with Crippen molar-refractivity contribution in [2.45, 2.75) is 13.8 Å². The fraction of sp³-hybridized carbons (Fsp3) is 0.500. The molecule has 0 aromatic rings. The lowest BCUT2D eigenvalue weighted by Crippen LogP contribution is -2.19. The first-order chi connectivity index (χ1) is 10.9. The van der Waals surface area contributed by atoms with Crippen molar-refractivity contribution in [2.75, 3.05) is 26.4 Å². The molecule has 0 aromatic heterocycles. The van der Waals surface area contributed by atoms with Crippen LogP contribution in [0.4, 0.5) is 0 Å². The van der Waals surface area contributed by atoms with Gasteiger partial charge in [-0.15, -0.1) is 0 Å². The molecule has 0 atom stereocenters. The van der Waals surface area contributed by atoms with Gasteiger partial charge in [-0.3, -0.25) is 0 Å². The van der Waals surface area contributed by atoms with Crippen molar-refractivity contribution >= 4 is 42.0 Å². The predicted molar refractivity (Wildman–Crippen MR) is 91.3 cm³/mol. The summed E-state index contributed by atoms with van der Waals surface area (Å²) in [6.07, 6.45) is 0. The summed E-state index contributed by atoms with van der Waals surface area (Å²) >= 11 is 0. The van der Waals surface area contributed by atoms with Crippen molar-refractivity contribution in [3.63, 3.8) is 0 Å². The van der Waals surface area contributed by atoms with Crippen LogP contribution >= 0.6 is 0 Å². The van der Waals surface area contributed by atoms with Gasteiger partial charge >= 0.3 is 11.9 Å². The third-order valence-corrected chi connectivity index (χ3v) is 5.70. The molecule has 0 N–H and O–H groups in total. The van der Waals surface area contributed by atoms with Crippen LogP contribution in [0.3, 0.4) is 0 Å². The van der Waals surface area contributed by atoms with Gasteiger partial charge in [-0.2, -0.15) is 0 Å². The summed E-state index contributed by atoms with van der Waals surface area (Å²) in [5.74, 6) is -0.850. The minimum atomic E-state index is -1.11. The molecule has 8 nitrogen and oxygen atoms in total. The van der Waals surface area contributed by atoms with Crippen LogP contribution in [0, 0.1) is 0 Å². The minimum absolute atomic E-state index is 0.186. The van der Waals surface area contributed by atoms with Crippen molar-refractivity contribution in [2.24, 2.45) is 0 Å². The summed E-state index contributed by atoms with van der Waals surface area (Å²) in [4.78, 5) is 22.1. The number of rotatable bonds is 14. The van der Waals surface area contributed by atoms with Crippen LogP contribution in [0.15, 0.2) is 24.3 Å². The minimum Gasteiger partial charge on any atom is -0.460 e. The lowest BCUT2D eigenvalue weighted by molar-refractivity contribution is -0.140. The predicted octanol–water partition coefficient (Wildman–Crippen LogP) is -1.71. The highest BCUT2D eigenvalue weighted by Gasteiger charge is 2.03.